The highest BCUT2D eigenvalue weighted by atomic mass is 32.2. The Bertz CT molecular complexity index is 691. The van der Waals surface area contributed by atoms with Gasteiger partial charge in [-0.25, -0.2) is 8.42 Å². The number of anilines is 1. The van der Waals surface area contributed by atoms with Crippen LogP contribution >= 0.6 is 0 Å². The van der Waals surface area contributed by atoms with Crippen LogP contribution in [-0.4, -0.2) is 48.0 Å². The van der Waals surface area contributed by atoms with Gasteiger partial charge in [-0.05, 0) is 32.8 Å². The van der Waals surface area contributed by atoms with Crippen LogP contribution in [0.2, 0.25) is 0 Å². The van der Waals surface area contributed by atoms with Crippen molar-refractivity contribution in [3.8, 4) is 0 Å². The molecule has 1 aromatic rings. The fourth-order valence-electron chi connectivity index (χ4n) is 2.36. The minimum absolute atomic E-state index is 0.118. The second kappa shape index (κ2) is 6.42. The minimum Gasteiger partial charge on any atom is -0.389 e. The van der Waals surface area contributed by atoms with Gasteiger partial charge in [-0.2, -0.15) is 4.31 Å². The van der Waals surface area contributed by atoms with Crippen molar-refractivity contribution in [3.63, 3.8) is 0 Å². The smallest absolute Gasteiger partial charge is 0.270 e. The molecular formula is C14H21N3O5S. The van der Waals surface area contributed by atoms with Gasteiger partial charge in [0.2, 0.25) is 10.0 Å². The van der Waals surface area contributed by atoms with E-state index in [9.17, 15) is 23.6 Å². The quantitative estimate of drug-likeness (QED) is 0.599. The maximum absolute atomic E-state index is 12.8. The molecule has 0 amide bonds. The van der Waals surface area contributed by atoms with Crippen LogP contribution in [0.25, 0.3) is 0 Å². The van der Waals surface area contributed by atoms with Crippen molar-refractivity contribution in [1.29, 1.82) is 0 Å². The largest absolute Gasteiger partial charge is 0.389 e. The maximum Gasteiger partial charge on any atom is 0.270 e. The number of non-ortho nitro benzene ring substituents is 1. The summed E-state index contributed by atoms with van der Waals surface area (Å²) in [5.74, 6) is 0. The molecule has 0 aliphatic carbocycles. The van der Waals surface area contributed by atoms with E-state index in [1.54, 1.807) is 13.8 Å². The lowest BCUT2D eigenvalue weighted by atomic mass is 10.1. The molecule has 9 heteroatoms. The summed E-state index contributed by atoms with van der Waals surface area (Å²) in [4.78, 5) is 10.2. The summed E-state index contributed by atoms with van der Waals surface area (Å²) in [5, 5.41) is 23.6. The molecule has 1 heterocycles. The standard InChI is InChI=1S/C14H21N3O5S/c1-14(2,18)10-15-12-6-5-11(17(19)20)9-13(12)23(21,22)16-7-3-4-8-16/h5-6,9,15,18H,3-4,7-8,10H2,1-2H3. The van der Waals surface area contributed by atoms with Crippen molar-refractivity contribution < 1.29 is 18.4 Å². The first-order chi connectivity index (χ1) is 10.6. The molecule has 0 spiro atoms. The lowest BCUT2D eigenvalue weighted by molar-refractivity contribution is -0.385. The van der Waals surface area contributed by atoms with Crippen molar-refractivity contribution in [1.82, 2.24) is 4.31 Å². The first-order valence-electron chi connectivity index (χ1n) is 7.36. The van der Waals surface area contributed by atoms with Crippen LogP contribution in [-0.2, 0) is 10.0 Å². The lowest BCUT2D eigenvalue weighted by Gasteiger charge is -2.22. The fraction of sp³-hybridized carbons (Fsp3) is 0.571. The van der Waals surface area contributed by atoms with Crippen LogP contribution < -0.4 is 5.32 Å². The number of nitrogens with one attached hydrogen (secondary N) is 1. The van der Waals surface area contributed by atoms with Crippen LogP contribution in [0.15, 0.2) is 23.1 Å². The van der Waals surface area contributed by atoms with E-state index < -0.39 is 20.5 Å². The predicted octanol–water partition coefficient (Wildman–Crippen LogP) is 1.56. The van der Waals surface area contributed by atoms with E-state index in [1.165, 1.54) is 16.4 Å². The summed E-state index contributed by atoms with van der Waals surface area (Å²) in [7, 11) is -3.81. The number of sulfonamides is 1. The second-order valence-corrected chi connectivity index (χ2v) is 8.12. The number of nitrogens with zero attached hydrogens (tertiary/aromatic N) is 2. The maximum atomic E-state index is 12.8. The van der Waals surface area contributed by atoms with Gasteiger partial charge in [0.05, 0.1) is 16.2 Å². The number of aliphatic hydroxyl groups is 1. The van der Waals surface area contributed by atoms with Gasteiger partial charge >= 0.3 is 0 Å². The SMILES string of the molecule is CC(C)(O)CNc1ccc([N+](=O)[O-])cc1S(=O)(=O)N1CCCC1. The molecule has 0 atom stereocenters. The molecule has 0 aromatic heterocycles. The Morgan fingerprint density at radius 2 is 1.96 bits per heavy atom. The zero-order valence-electron chi connectivity index (χ0n) is 13.2. The molecule has 8 nitrogen and oxygen atoms in total. The van der Waals surface area contributed by atoms with Crippen molar-refractivity contribution in [2.24, 2.45) is 0 Å². The van der Waals surface area contributed by atoms with Gasteiger partial charge in [0.15, 0.2) is 0 Å². The van der Waals surface area contributed by atoms with Crippen LogP contribution in [0.4, 0.5) is 11.4 Å². The van der Waals surface area contributed by atoms with E-state index in [1.807, 2.05) is 0 Å². The number of nitro groups is 1. The molecule has 1 fully saturated rings. The molecule has 2 rings (SSSR count). The third-order valence-electron chi connectivity index (χ3n) is 3.57. The molecular weight excluding hydrogens is 322 g/mol. The van der Waals surface area contributed by atoms with Crippen LogP contribution in [0.1, 0.15) is 26.7 Å². The van der Waals surface area contributed by atoms with E-state index >= 15 is 0 Å². The fourth-order valence-corrected chi connectivity index (χ4v) is 4.07. The van der Waals surface area contributed by atoms with Crippen LogP contribution in [0.5, 0.6) is 0 Å². The van der Waals surface area contributed by atoms with Gasteiger partial charge in [-0.3, -0.25) is 10.1 Å². The second-order valence-electron chi connectivity index (χ2n) is 6.21. The van der Waals surface area contributed by atoms with Gasteiger partial charge in [-0.15, -0.1) is 0 Å². The molecule has 1 aromatic carbocycles. The molecule has 2 N–H and O–H groups in total. The Balaban J connectivity index is 2.44. The van der Waals surface area contributed by atoms with E-state index in [4.69, 9.17) is 0 Å². The van der Waals surface area contributed by atoms with Gasteiger partial charge in [0.1, 0.15) is 4.90 Å². The Morgan fingerprint density at radius 1 is 1.35 bits per heavy atom. The van der Waals surface area contributed by atoms with Gasteiger partial charge in [0.25, 0.3) is 5.69 Å². The topological polar surface area (TPSA) is 113 Å². The molecule has 0 unspecified atom stereocenters. The van der Waals surface area contributed by atoms with E-state index in [0.717, 1.165) is 18.9 Å². The van der Waals surface area contributed by atoms with Gasteiger partial charge in [0, 0.05) is 31.8 Å². The number of nitro benzene ring substituents is 1. The van der Waals surface area contributed by atoms with E-state index in [0.29, 0.717) is 13.1 Å². The number of hydrogen-bond donors (Lipinski definition) is 2. The summed E-state index contributed by atoms with van der Waals surface area (Å²) in [6.07, 6.45) is 1.56. The van der Waals surface area contributed by atoms with Crippen molar-refractivity contribution >= 4 is 21.4 Å². The first kappa shape index (κ1) is 17.6. The van der Waals surface area contributed by atoms with Gasteiger partial charge < -0.3 is 10.4 Å². The first-order valence-corrected chi connectivity index (χ1v) is 8.80. The lowest BCUT2D eigenvalue weighted by Crippen LogP contribution is -2.31. The normalized spacial score (nSPS) is 16.5. The number of rotatable bonds is 6. The number of benzene rings is 1. The Morgan fingerprint density at radius 3 is 2.48 bits per heavy atom. The predicted molar refractivity (Wildman–Crippen MR) is 85.9 cm³/mol. The Labute approximate surface area is 135 Å². The molecule has 128 valence electrons. The third-order valence-corrected chi connectivity index (χ3v) is 5.51. The molecule has 1 aliphatic heterocycles. The molecule has 23 heavy (non-hydrogen) atoms. The summed E-state index contributed by atoms with van der Waals surface area (Å²) in [6.45, 7) is 4.11. The summed E-state index contributed by atoms with van der Waals surface area (Å²) >= 11 is 0. The summed E-state index contributed by atoms with van der Waals surface area (Å²) < 4.78 is 26.8. The molecule has 1 saturated heterocycles. The average Bonchev–Trinajstić information content (AvgIpc) is 2.98. The Hall–Kier alpha value is -1.71. The monoisotopic (exact) mass is 343 g/mol. The van der Waals surface area contributed by atoms with Crippen LogP contribution in [0, 0.1) is 10.1 Å². The zero-order valence-corrected chi connectivity index (χ0v) is 14.0. The molecule has 0 radical (unpaired) electrons. The zero-order chi connectivity index (χ0) is 17.3. The molecule has 0 bridgehead atoms. The molecule has 0 saturated carbocycles. The van der Waals surface area contributed by atoms with Crippen molar-refractivity contribution in [3.05, 3.63) is 28.3 Å². The minimum atomic E-state index is -3.81. The van der Waals surface area contributed by atoms with Crippen LogP contribution in [0.3, 0.4) is 0 Å². The highest BCUT2D eigenvalue weighted by Crippen LogP contribution is 2.31. The Kier molecular flexibility index (Phi) is 4.92. The summed E-state index contributed by atoms with van der Waals surface area (Å²) in [6, 6.07) is 3.68. The highest BCUT2D eigenvalue weighted by molar-refractivity contribution is 7.89. The van der Waals surface area contributed by atoms with Gasteiger partial charge in [-0.1, -0.05) is 0 Å². The van der Waals surface area contributed by atoms with E-state index in [2.05, 4.69) is 5.32 Å². The van der Waals surface area contributed by atoms with Crippen molar-refractivity contribution in [2.75, 3.05) is 25.0 Å². The average molecular weight is 343 g/mol. The third kappa shape index (κ3) is 4.18. The van der Waals surface area contributed by atoms with E-state index in [-0.39, 0.29) is 22.8 Å². The summed E-state index contributed by atoms with van der Waals surface area (Å²) in [5.41, 5.74) is -1.07. The van der Waals surface area contributed by atoms with Crippen molar-refractivity contribution in [2.45, 2.75) is 37.2 Å². The molecule has 1 aliphatic rings. The number of hydrogen-bond acceptors (Lipinski definition) is 6. The highest BCUT2D eigenvalue weighted by Gasteiger charge is 2.31.